The molecule has 0 spiro atoms. The van der Waals surface area contributed by atoms with Gasteiger partial charge in [-0.05, 0) is 48.6 Å². The summed E-state index contributed by atoms with van der Waals surface area (Å²) in [7, 11) is 0. The second-order valence-corrected chi connectivity index (χ2v) is 8.51. The summed E-state index contributed by atoms with van der Waals surface area (Å²) < 4.78 is 26.3. The first kappa shape index (κ1) is 19.9. The topological polar surface area (TPSA) is 94.7 Å². The van der Waals surface area contributed by atoms with Gasteiger partial charge in [0.05, 0.1) is 4.90 Å². The highest BCUT2D eigenvalue weighted by Crippen LogP contribution is 2.32. The maximum absolute atomic E-state index is 11.1. The first-order chi connectivity index (χ1) is 15.1. The Labute approximate surface area is 186 Å². The van der Waals surface area contributed by atoms with Gasteiger partial charge in [0.25, 0.3) is 0 Å². The summed E-state index contributed by atoms with van der Waals surface area (Å²) in [5, 5.41) is 4.80. The molecule has 1 aliphatic rings. The Bertz CT molecular complexity index is 1280. The molecule has 1 unspecified atom stereocenters. The standard InChI is InChI=1S/C21H19N5O3S2/c27-31(28)15-7-5-14(6-8-15)24-21(30)26-11-9-25(10-12-26)20-19-18(22-13-23-20)16-3-1-2-4-17(16)29-19/h1-8,13H,9-12H2,(H,24,30)(H,27,28). The van der Waals surface area contributed by atoms with Gasteiger partial charge in [0.2, 0.25) is 0 Å². The summed E-state index contributed by atoms with van der Waals surface area (Å²) in [5.41, 5.74) is 3.12. The highest BCUT2D eigenvalue weighted by Gasteiger charge is 2.23. The fourth-order valence-electron chi connectivity index (χ4n) is 3.72. The molecule has 0 bridgehead atoms. The Kier molecular flexibility index (Phi) is 5.26. The van der Waals surface area contributed by atoms with E-state index in [0.717, 1.165) is 54.2 Å². The Morgan fingerprint density at radius 1 is 1.06 bits per heavy atom. The smallest absolute Gasteiger partial charge is 0.196 e. The maximum Gasteiger partial charge on any atom is 0.196 e. The largest absolute Gasteiger partial charge is 0.450 e. The van der Waals surface area contributed by atoms with Gasteiger partial charge in [-0.15, -0.1) is 0 Å². The zero-order valence-corrected chi connectivity index (χ0v) is 18.0. The van der Waals surface area contributed by atoms with Gasteiger partial charge in [-0.1, -0.05) is 12.1 Å². The lowest BCUT2D eigenvalue weighted by Crippen LogP contribution is -2.50. The first-order valence-corrected chi connectivity index (χ1v) is 11.3. The third-order valence-electron chi connectivity index (χ3n) is 5.31. The number of piperazine rings is 1. The van der Waals surface area contributed by atoms with Crippen molar-refractivity contribution < 1.29 is 13.2 Å². The van der Waals surface area contributed by atoms with Gasteiger partial charge in [0, 0.05) is 37.3 Å². The van der Waals surface area contributed by atoms with Gasteiger partial charge in [0.1, 0.15) is 17.4 Å². The molecular weight excluding hydrogens is 434 g/mol. The summed E-state index contributed by atoms with van der Waals surface area (Å²) in [6.45, 7) is 2.95. The molecule has 5 rings (SSSR count). The number of rotatable bonds is 3. The second kappa shape index (κ2) is 8.22. The number of nitrogens with one attached hydrogen (secondary N) is 1. The molecule has 3 heterocycles. The molecule has 4 aromatic rings. The number of anilines is 2. The van der Waals surface area contributed by atoms with E-state index in [2.05, 4.69) is 25.1 Å². The van der Waals surface area contributed by atoms with Crippen molar-refractivity contribution >= 4 is 62.0 Å². The van der Waals surface area contributed by atoms with Crippen LogP contribution in [-0.2, 0) is 11.1 Å². The Morgan fingerprint density at radius 3 is 2.55 bits per heavy atom. The lowest BCUT2D eigenvalue weighted by Gasteiger charge is -2.36. The van der Waals surface area contributed by atoms with E-state index in [-0.39, 0.29) is 0 Å². The molecule has 2 aromatic heterocycles. The minimum absolute atomic E-state index is 0.354. The number of hydrogen-bond donors (Lipinski definition) is 2. The Hall–Kier alpha value is -3.08. The minimum Gasteiger partial charge on any atom is -0.450 e. The van der Waals surface area contributed by atoms with Crippen molar-refractivity contribution in [3.05, 3.63) is 54.9 Å². The van der Waals surface area contributed by atoms with Crippen molar-refractivity contribution in [1.82, 2.24) is 14.9 Å². The average Bonchev–Trinajstić information content (AvgIpc) is 3.18. The van der Waals surface area contributed by atoms with Crippen LogP contribution in [0, 0.1) is 0 Å². The SMILES string of the molecule is O=S(O)c1ccc(NC(=S)N2CCN(c3ncnc4c3oc3ccccc34)CC2)cc1. The first-order valence-electron chi connectivity index (χ1n) is 9.74. The molecule has 0 aliphatic carbocycles. The van der Waals surface area contributed by atoms with Crippen LogP contribution in [0.3, 0.4) is 0 Å². The van der Waals surface area contributed by atoms with E-state index in [1.807, 2.05) is 24.3 Å². The third-order valence-corrected chi connectivity index (χ3v) is 6.35. The zero-order valence-electron chi connectivity index (χ0n) is 16.4. The van der Waals surface area contributed by atoms with E-state index in [1.165, 1.54) is 0 Å². The van der Waals surface area contributed by atoms with Gasteiger partial charge >= 0.3 is 0 Å². The quantitative estimate of drug-likeness (QED) is 0.357. The number of hydrogen-bond acceptors (Lipinski definition) is 6. The molecule has 1 fully saturated rings. The van der Waals surface area contributed by atoms with Gasteiger partial charge in [-0.2, -0.15) is 0 Å². The molecule has 8 nitrogen and oxygen atoms in total. The van der Waals surface area contributed by atoms with Crippen LogP contribution in [0.5, 0.6) is 0 Å². The maximum atomic E-state index is 11.1. The highest BCUT2D eigenvalue weighted by molar-refractivity contribution is 7.80. The molecule has 1 saturated heterocycles. The van der Waals surface area contributed by atoms with Crippen LogP contribution in [0.2, 0.25) is 0 Å². The van der Waals surface area contributed by atoms with Crippen molar-refractivity contribution in [2.75, 3.05) is 36.4 Å². The summed E-state index contributed by atoms with van der Waals surface area (Å²) in [4.78, 5) is 13.6. The van der Waals surface area contributed by atoms with Crippen molar-refractivity contribution in [2.24, 2.45) is 0 Å². The van der Waals surface area contributed by atoms with E-state index < -0.39 is 11.1 Å². The summed E-state index contributed by atoms with van der Waals surface area (Å²) >= 11 is 3.57. The molecule has 0 saturated carbocycles. The predicted molar refractivity (Wildman–Crippen MR) is 125 cm³/mol. The van der Waals surface area contributed by atoms with Crippen LogP contribution in [0.25, 0.3) is 22.1 Å². The zero-order chi connectivity index (χ0) is 21.4. The van der Waals surface area contributed by atoms with Crippen LogP contribution in [0.15, 0.2) is 64.2 Å². The number of para-hydroxylation sites is 1. The van der Waals surface area contributed by atoms with Gasteiger partial charge in [-0.25, -0.2) is 14.2 Å². The van der Waals surface area contributed by atoms with Crippen LogP contribution in [0.1, 0.15) is 0 Å². The van der Waals surface area contributed by atoms with Crippen LogP contribution in [-0.4, -0.2) is 54.9 Å². The summed E-state index contributed by atoms with van der Waals surface area (Å²) in [6, 6.07) is 14.6. The van der Waals surface area contributed by atoms with Crippen LogP contribution in [0.4, 0.5) is 11.5 Å². The Morgan fingerprint density at radius 2 is 1.81 bits per heavy atom. The molecule has 1 atom stereocenters. The predicted octanol–water partition coefficient (Wildman–Crippen LogP) is 3.48. The van der Waals surface area contributed by atoms with E-state index >= 15 is 0 Å². The summed E-state index contributed by atoms with van der Waals surface area (Å²) in [5.74, 6) is 0.798. The molecule has 0 amide bonds. The lowest BCUT2D eigenvalue weighted by atomic mass is 10.2. The van der Waals surface area contributed by atoms with Crippen molar-refractivity contribution in [1.29, 1.82) is 0 Å². The number of nitrogens with zero attached hydrogens (tertiary/aromatic N) is 4. The molecule has 10 heteroatoms. The van der Waals surface area contributed by atoms with Crippen LogP contribution >= 0.6 is 12.2 Å². The minimum atomic E-state index is -1.99. The number of thiocarbonyl (C=S) groups is 1. The fraction of sp³-hybridized carbons (Fsp3) is 0.190. The number of benzene rings is 2. The number of aromatic nitrogens is 2. The van der Waals surface area contributed by atoms with Gasteiger partial charge in [0.15, 0.2) is 27.6 Å². The molecule has 31 heavy (non-hydrogen) atoms. The molecule has 1 aliphatic heterocycles. The molecule has 2 N–H and O–H groups in total. The van der Waals surface area contributed by atoms with E-state index in [9.17, 15) is 4.21 Å². The van der Waals surface area contributed by atoms with E-state index in [0.29, 0.717) is 15.6 Å². The monoisotopic (exact) mass is 453 g/mol. The van der Waals surface area contributed by atoms with Crippen LogP contribution < -0.4 is 10.2 Å². The van der Waals surface area contributed by atoms with Crippen molar-refractivity contribution in [3.63, 3.8) is 0 Å². The van der Waals surface area contributed by atoms with Gasteiger partial charge < -0.3 is 24.1 Å². The average molecular weight is 454 g/mol. The van der Waals surface area contributed by atoms with Gasteiger partial charge in [-0.3, -0.25) is 0 Å². The fourth-order valence-corrected chi connectivity index (χ4v) is 4.38. The van der Waals surface area contributed by atoms with Crippen molar-refractivity contribution in [2.45, 2.75) is 4.90 Å². The van der Waals surface area contributed by atoms with E-state index in [1.54, 1.807) is 30.6 Å². The lowest BCUT2D eigenvalue weighted by molar-refractivity contribution is 0.389. The van der Waals surface area contributed by atoms with E-state index in [4.69, 9.17) is 21.2 Å². The second-order valence-electron chi connectivity index (χ2n) is 7.15. The highest BCUT2D eigenvalue weighted by atomic mass is 32.2. The Balaban J connectivity index is 1.28. The van der Waals surface area contributed by atoms with Crippen molar-refractivity contribution in [3.8, 4) is 0 Å². The third kappa shape index (κ3) is 3.85. The molecule has 2 aromatic carbocycles. The number of fused-ring (bicyclic) bond motifs is 3. The summed E-state index contributed by atoms with van der Waals surface area (Å²) in [6.07, 6.45) is 1.58. The molecular formula is C21H19N5O3S2. The molecule has 158 valence electrons. The normalized spacial score (nSPS) is 15.4. The number of furan rings is 1. The molecule has 0 radical (unpaired) electrons.